The quantitative estimate of drug-likeness (QED) is 0.281. The molecule has 5 rings (SSSR count). The van der Waals surface area contributed by atoms with Gasteiger partial charge < -0.3 is 9.55 Å². The molecule has 127 valence electrons. The number of hydrogen-bond donors (Lipinski definition) is 0. The van der Waals surface area contributed by atoms with Crippen molar-refractivity contribution in [2.75, 3.05) is 0 Å². The van der Waals surface area contributed by atoms with Gasteiger partial charge in [0.05, 0.1) is 0 Å². The number of fused-ring (bicyclic) bond motifs is 3. The van der Waals surface area contributed by atoms with E-state index in [-0.39, 0.29) is 20.1 Å². The molecule has 2 aromatic heterocycles. The molecule has 2 nitrogen and oxygen atoms in total. The van der Waals surface area contributed by atoms with Gasteiger partial charge in [0.2, 0.25) is 0 Å². The fraction of sp³-hybridized carbons (Fsp3) is 0. The summed E-state index contributed by atoms with van der Waals surface area (Å²) in [5.41, 5.74) is 5.48. The van der Waals surface area contributed by atoms with Gasteiger partial charge in [-0.3, -0.25) is 0 Å². The van der Waals surface area contributed by atoms with E-state index in [1.54, 1.807) is 0 Å². The van der Waals surface area contributed by atoms with Crippen LogP contribution in [-0.2, 0) is 20.1 Å². The van der Waals surface area contributed by atoms with Crippen LogP contribution in [0.2, 0.25) is 0 Å². The van der Waals surface area contributed by atoms with E-state index in [1.165, 1.54) is 21.8 Å². The van der Waals surface area contributed by atoms with Crippen LogP contribution in [0.5, 0.6) is 0 Å². The Balaban J connectivity index is 0.00000168. The summed E-state index contributed by atoms with van der Waals surface area (Å²) in [6, 6.07) is 32.6. The molecule has 0 atom stereocenters. The SMILES string of the molecule is [Ir].[c-]1cc(-n2c3ccccc3c3ccccc32)ccc1-c1ccccn1. The van der Waals surface area contributed by atoms with Gasteiger partial charge in [-0.05, 0) is 29.6 Å². The van der Waals surface area contributed by atoms with Gasteiger partial charge in [0.25, 0.3) is 0 Å². The Hall–Kier alpha value is -2.74. The molecule has 5 aromatic rings. The standard InChI is InChI=1S/C23H15N2.Ir/c1-3-10-22-19(7-1)20-8-2-4-11-23(20)25(22)18-14-12-17(13-15-18)21-9-5-6-16-24-21;/h1-12,14-16H;/q-1;. The van der Waals surface area contributed by atoms with Crippen molar-refractivity contribution in [1.82, 2.24) is 9.55 Å². The van der Waals surface area contributed by atoms with E-state index < -0.39 is 0 Å². The zero-order valence-electron chi connectivity index (χ0n) is 13.9. The first-order valence-electron chi connectivity index (χ1n) is 8.33. The van der Waals surface area contributed by atoms with E-state index in [4.69, 9.17) is 0 Å². The number of pyridine rings is 1. The predicted molar refractivity (Wildman–Crippen MR) is 103 cm³/mol. The largest absolute Gasteiger partial charge is 0.351 e. The summed E-state index contributed by atoms with van der Waals surface area (Å²) in [4.78, 5) is 4.40. The third-order valence-electron chi connectivity index (χ3n) is 4.58. The molecule has 0 N–H and O–H groups in total. The van der Waals surface area contributed by atoms with Crippen molar-refractivity contribution in [3.8, 4) is 16.9 Å². The number of rotatable bonds is 2. The average Bonchev–Trinajstić information content (AvgIpc) is 3.03. The molecule has 0 aliphatic carbocycles. The third-order valence-corrected chi connectivity index (χ3v) is 4.58. The second-order valence-corrected chi connectivity index (χ2v) is 6.05. The van der Waals surface area contributed by atoms with Crippen molar-refractivity contribution in [2.45, 2.75) is 0 Å². The van der Waals surface area contributed by atoms with E-state index in [9.17, 15) is 0 Å². The van der Waals surface area contributed by atoms with Gasteiger partial charge in [0, 0.05) is 48.1 Å². The molecule has 0 amide bonds. The van der Waals surface area contributed by atoms with E-state index >= 15 is 0 Å². The predicted octanol–water partition coefficient (Wildman–Crippen LogP) is 5.64. The van der Waals surface area contributed by atoms with Crippen molar-refractivity contribution in [3.05, 3.63) is 97.2 Å². The molecule has 0 aliphatic rings. The molecule has 3 aromatic carbocycles. The van der Waals surface area contributed by atoms with Crippen LogP contribution >= 0.6 is 0 Å². The minimum atomic E-state index is 0. The zero-order chi connectivity index (χ0) is 16.6. The van der Waals surface area contributed by atoms with Crippen molar-refractivity contribution in [1.29, 1.82) is 0 Å². The maximum absolute atomic E-state index is 4.40. The smallest absolute Gasteiger partial charge is 0.0452 e. The van der Waals surface area contributed by atoms with Crippen molar-refractivity contribution < 1.29 is 20.1 Å². The molecular formula is C23H15IrN2-. The maximum Gasteiger partial charge on any atom is 0.0452 e. The number of aromatic nitrogens is 2. The van der Waals surface area contributed by atoms with Gasteiger partial charge >= 0.3 is 0 Å². The third kappa shape index (κ3) is 2.66. The number of para-hydroxylation sites is 2. The molecule has 0 saturated carbocycles. The minimum Gasteiger partial charge on any atom is -0.351 e. The first kappa shape index (κ1) is 16.7. The van der Waals surface area contributed by atoms with Crippen molar-refractivity contribution in [3.63, 3.8) is 0 Å². The van der Waals surface area contributed by atoms with Crippen LogP contribution in [-0.4, -0.2) is 9.55 Å². The Labute approximate surface area is 165 Å². The molecule has 3 heteroatoms. The first-order chi connectivity index (χ1) is 12.4. The molecular weight excluding hydrogens is 496 g/mol. The Morgan fingerprint density at radius 1 is 0.692 bits per heavy atom. The van der Waals surface area contributed by atoms with Crippen LogP contribution in [0.4, 0.5) is 0 Å². The molecule has 26 heavy (non-hydrogen) atoms. The minimum absolute atomic E-state index is 0. The van der Waals surface area contributed by atoms with Gasteiger partial charge in [-0.15, -0.1) is 29.8 Å². The number of nitrogens with zero attached hydrogens (tertiary/aromatic N) is 2. The first-order valence-corrected chi connectivity index (χ1v) is 8.33. The van der Waals surface area contributed by atoms with Crippen molar-refractivity contribution in [2.24, 2.45) is 0 Å². The van der Waals surface area contributed by atoms with E-state index in [1.807, 2.05) is 30.5 Å². The van der Waals surface area contributed by atoms with E-state index in [0.717, 1.165) is 16.9 Å². The van der Waals surface area contributed by atoms with Gasteiger partial charge in [-0.25, -0.2) is 0 Å². The van der Waals surface area contributed by atoms with Crippen LogP contribution in [0, 0.1) is 6.07 Å². The van der Waals surface area contributed by atoms with Crippen molar-refractivity contribution >= 4 is 21.8 Å². The maximum atomic E-state index is 4.40. The molecule has 0 aliphatic heterocycles. The summed E-state index contributed by atoms with van der Waals surface area (Å²) in [5, 5.41) is 2.54. The molecule has 0 fully saturated rings. The topological polar surface area (TPSA) is 17.8 Å². The van der Waals surface area contributed by atoms with E-state index in [2.05, 4.69) is 76.3 Å². The normalized spacial score (nSPS) is 10.8. The van der Waals surface area contributed by atoms with Crippen LogP contribution in [0.15, 0.2) is 91.1 Å². The summed E-state index contributed by atoms with van der Waals surface area (Å²) in [6.07, 6.45) is 1.81. The Morgan fingerprint density at radius 2 is 1.35 bits per heavy atom. The summed E-state index contributed by atoms with van der Waals surface area (Å²) < 4.78 is 2.30. The Morgan fingerprint density at radius 3 is 1.92 bits per heavy atom. The van der Waals surface area contributed by atoms with Crippen LogP contribution < -0.4 is 0 Å². The van der Waals surface area contributed by atoms with Gasteiger partial charge in [-0.2, -0.15) is 0 Å². The fourth-order valence-electron chi connectivity index (χ4n) is 3.44. The second-order valence-electron chi connectivity index (χ2n) is 6.05. The zero-order valence-corrected chi connectivity index (χ0v) is 16.3. The van der Waals surface area contributed by atoms with Crippen LogP contribution in [0.1, 0.15) is 0 Å². The monoisotopic (exact) mass is 512 g/mol. The molecule has 0 bridgehead atoms. The molecule has 0 saturated heterocycles. The summed E-state index contributed by atoms with van der Waals surface area (Å²) in [5.74, 6) is 0. The summed E-state index contributed by atoms with van der Waals surface area (Å²) >= 11 is 0. The summed E-state index contributed by atoms with van der Waals surface area (Å²) in [7, 11) is 0. The van der Waals surface area contributed by atoms with Crippen LogP contribution in [0.25, 0.3) is 38.8 Å². The number of benzene rings is 3. The molecule has 0 spiro atoms. The Kier molecular flexibility index (Phi) is 4.42. The van der Waals surface area contributed by atoms with Gasteiger partial charge in [-0.1, -0.05) is 48.5 Å². The van der Waals surface area contributed by atoms with Gasteiger partial charge in [0.1, 0.15) is 0 Å². The fourth-order valence-corrected chi connectivity index (χ4v) is 3.44. The van der Waals surface area contributed by atoms with E-state index in [0.29, 0.717) is 0 Å². The molecule has 0 unspecified atom stereocenters. The molecule has 1 radical (unpaired) electrons. The number of hydrogen-bond acceptors (Lipinski definition) is 1. The Bertz CT molecular complexity index is 1120. The van der Waals surface area contributed by atoms with Gasteiger partial charge in [0.15, 0.2) is 0 Å². The van der Waals surface area contributed by atoms with Crippen LogP contribution in [0.3, 0.4) is 0 Å². The summed E-state index contributed by atoms with van der Waals surface area (Å²) in [6.45, 7) is 0. The second kappa shape index (κ2) is 6.87. The molecule has 2 heterocycles. The average molecular weight is 512 g/mol.